The first-order valence-electron chi connectivity index (χ1n) is 4.74. The number of methoxy groups -OCH3 is 1. The van der Waals surface area contributed by atoms with Gasteiger partial charge in [-0.3, -0.25) is 9.79 Å². The quantitative estimate of drug-likeness (QED) is 0.663. The molecule has 0 bridgehead atoms. The van der Waals surface area contributed by atoms with Crippen molar-refractivity contribution in [2.24, 2.45) is 4.99 Å². The Morgan fingerprint density at radius 2 is 2.21 bits per heavy atom. The minimum atomic E-state index is -0.426. The first kappa shape index (κ1) is 9.61. The van der Waals surface area contributed by atoms with E-state index in [0.29, 0.717) is 19.0 Å². The second-order valence-corrected chi connectivity index (χ2v) is 3.52. The summed E-state index contributed by atoms with van der Waals surface area (Å²) in [5.41, 5.74) is -0.426. The first-order chi connectivity index (χ1) is 6.77. The van der Waals surface area contributed by atoms with Gasteiger partial charge in [0.25, 0.3) is 0 Å². The van der Waals surface area contributed by atoms with E-state index in [0.717, 1.165) is 12.8 Å². The van der Waals surface area contributed by atoms with Crippen molar-refractivity contribution in [2.45, 2.75) is 18.4 Å². The number of nitrogens with zero attached hydrogens (tertiary/aromatic N) is 1. The molecular weight excluding hydrogens is 184 g/mol. The molecule has 0 spiro atoms. The van der Waals surface area contributed by atoms with Crippen LogP contribution in [0.2, 0.25) is 0 Å². The molecule has 2 aliphatic heterocycles. The Hall–Kier alpha value is -0.940. The lowest BCUT2D eigenvalue weighted by Crippen LogP contribution is -2.51. The molecule has 0 aromatic rings. The second-order valence-electron chi connectivity index (χ2n) is 3.52. The van der Waals surface area contributed by atoms with E-state index in [1.165, 1.54) is 0 Å². The van der Waals surface area contributed by atoms with Crippen LogP contribution in [0.5, 0.6) is 0 Å². The lowest BCUT2D eigenvalue weighted by atomic mass is 9.92. The first-order valence-corrected chi connectivity index (χ1v) is 4.74. The maximum atomic E-state index is 11.0. The van der Waals surface area contributed by atoms with Crippen molar-refractivity contribution >= 4 is 11.7 Å². The molecule has 0 aromatic heterocycles. The number of ether oxygens (including phenoxy) is 2. The van der Waals surface area contributed by atoms with Crippen LogP contribution in [-0.4, -0.2) is 44.2 Å². The highest BCUT2D eigenvalue weighted by atomic mass is 16.5. The van der Waals surface area contributed by atoms with E-state index in [9.17, 15) is 4.79 Å². The van der Waals surface area contributed by atoms with Gasteiger partial charge < -0.3 is 14.8 Å². The van der Waals surface area contributed by atoms with Crippen LogP contribution >= 0.6 is 0 Å². The molecule has 0 radical (unpaired) electrons. The smallest absolute Gasteiger partial charge is 0.247 e. The molecule has 2 heterocycles. The molecule has 1 fully saturated rings. The molecule has 2 aliphatic rings. The summed E-state index contributed by atoms with van der Waals surface area (Å²) in [7, 11) is 1.65. The third kappa shape index (κ3) is 1.53. The highest BCUT2D eigenvalue weighted by Gasteiger charge is 2.40. The van der Waals surface area contributed by atoms with Gasteiger partial charge >= 0.3 is 0 Å². The number of rotatable bonds is 2. The van der Waals surface area contributed by atoms with E-state index in [-0.39, 0.29) is 12.5 Å². The lowest BCUT2D eigenvalue weighted by molar-refractivity contribution is -0.118. The van der Waals surface area contributed by atoms with Gasteiger partial charge in [0.1, 0.15) is 18.0 Å². The summed E-state index contributed by atoms with van der Waals surface area (Å²) < 4.78 is 10.8. The van der Waals surface area contributed by atoms with Crippen LogP contribution < -0.4 is 5.32 Å². The molecule has 0 aliphatic carbocycles. The number of hydrogen-bond acceptors (Lipinski definition) is 4. The Balaban J connectivity index is 2.14. The lowest BCUT2D eigenvalue weighted by Gasteiger charge is -2.35. The number of aliphatic imine (C=N–C) groups is 1. The molecule has 1 amide bonds. The van der Waals surface area contributed by atoms with E-state index in [4.69, 9.17) is 9.47 Å². The van der Waals surface area contributed by atoms with Crippen LogP contribution in [0, 0.1) is 0 Å². The summed E-state index contributed by atoms with van der Waals surface area (Å²) in [4.78, 5) is 15.2. The predicted octanol–water partition coefficient (Wildman–Crippen LogP) is -0.290. The largest absolute Gasteiger partial charge is 0.381 e. The summed E-state index contributed by atoms with van der Waals surface area (Å²) in [6, 6.07) is 0. The van der Waals surface area contributed by atoms with Gasteiger partial charge in [-0.2, -0.15) is 0 Å². The molecule has 5 heteroatoms. The molecule has 1 N–H and O–H groups in total. The number of carbonyl (C=O) groups is 1. The van der Waals surface area contributed by atoms with Crippen LogP contribution in [0.15, 0.2) is 4.99 Å². The standard InChI is InChI=1S/C9H14N2O3/c1-13-9(2-4-14-5-3-9)8-10-6-7(12)11-8/h2-6H2,1H3,(H,10,11,12). The van der Waals surface area contributed by atoms with Gasteiger partial charge in [0.2, 0.25) is 5.91 Å². The van der Waals surface area contributed by atoms with Crippen molar-refractivity contribution in [3.8, 4) is 0 Å². The van der Waals surface area contributed by atoms with Crippen LogP contribution in [0.1, 0.15) is 12.8 Å². The number of carbonyl (C=O) groups excluding carboxylic acids is 1. The normalized spacial score (nSPS) is 25.8. The Bertz CT molecular complexity index is 269. The average Bonchev–Trinajstić information content (AvgIpc) is 2.66. The summed E-state index contributed by atoms with van der Waals surface area (Å²) >= 11 is 0. The van der Waals surface area contributed by atoms with Gasteiger partial charge in [-0.15, -0.1) is 0 Å². The molecule has 78 valence electrons. The van der Waals surface area contributed by atoms with Crippen LogP contribution in [0.4, 0.5) is 0 Å². The number of amidine groups is 1. The minimum absolute atomic E-state index is 0.0529. The number of hydrogen-bond donors (Lipinski definition) is 1. The van der Waals surface area contributed by atoms with E-state index in [2.05, 4.69) is 10.3 Å². The number of nitrogens with one attached hydrogen (secondary N) is 1. The second kappa shape index (κ2) is 3.67. The monoisotopic (exact) mass is 198 g/mol. The fourth-order valence-corrected chi connectivity index (χ4v) is 1.86. The topological polar surface area (TPSA) is 59.9 Å². The third-order valence-electron chi connectivity index (χ3n) is 2.76. The minimum Gasteiger partial charge on any atom is -0.381 e. The summed E-state index contributed by atoms with van der Waals surface area (Å²) in [5, 5.41) is 2.75. The van der Waals surface area contributed by atoms with Crippen molar-refractivity contribution in [1.29, 1.82) is 0 Å². The zero-order chi connectivity index (χ0) is 10.0. The zero-order valence-electron chi connectivity index (χ0n) is 8.21. The molecule has 2 rings (SSSR count). The van der Waals surface area contributed by atoms with Gasteiger partial charge in [-0.25, -0.2) is 0 Å². The molecule has 1 saturated heterocycles. The van der Waals surface area contributed by atoms with Crippen molar-refractivity contribution in [3.05, 3.63) is 0 Å². The SMILES string of the molecule is COC1(C2=NCC(=O)N2)CCOCC1. The number of amides is 1. The van der Waals surface area contributed by atoms with Gasteiger partial charge in [0.15, 0.2) is 0 Å². The Labute approximate surface area is 82.5 Å². The van der Waals surface area contributed by atoms with Gasteiger partial charge in [-0.05, 0) is 0 Å². The molecule has 14 heavy (non-hydrogen) atoms. The highest BCUT2D eigenvalue weighted by molar-refractivity contribution is 6.07. The molecule has 0 aromatic carbocycles. The van der Waals surface area contributed by atoms with Crippen molar-refractivity contribution in [2.75, 3.05) is 26.9 Å². The van der Waals surface area contributed by atoms with E-state index >= 15 is 0 Å². The van der Waals surface area contributed by atoms with Crippen LogP contribution in [0.25, 0.3) is 0 Å². The Morgan fingerprint density at radius 1 is 1.50 bits per heavy atom. The average molecular weight is 198 g/mol. The Kier molecular flexibility index (Phi) is 2.52. The van der Waals surface area contributed by atoms with Crippen molar-refractivity contribution in [3.63, 3.8) is 0 Å². The predicted molar refractivity (Wildman–Crippen MR) is 50.2 cm³/mol. The maximum Gasteiger partial charge on any atom is 0.247 e. The molecule has 0 unspecified atom stereocenters. The van der Waals surface area contributed by atoms with Crippen LogP contribution in [-0.2, 0) is 14.3 Å². The summed E-state index contributed by atoms with van der Waals surface area (Å²) in [6.07, 6.45) is 1.51. The fraction of sp³-hybridized carbons (Fsp3) is 0.778. The fourth-order valence-electron chi connectivity index (χ4n) is 1.86. The highest BCUT2D eigenvalue weighted by Crippen LogP contribution is 2.26. The van der Waals surface area contributed by atoms with E-state index < -0.39 is 5.60 Å². The van der Waals surface area contributed by atoms with E-state index in [1.54, 1.807) is 7.11 Å². The van der Waals surface area contributed by atoms with Gasteiger partial charge in [0, 0.05) is 33.2 Å². The Morgan fingerprint density at radius 3 is 2.71 bits per heavy atom. The van der Waals surface area contributed by atoms with Gasteiger partial charge in [0.05, 0.1) is 0 Å². The molecular formula is C9H14N2O3. The molecule has 5 nitrogen and oxygen atoms in total. The molecule has 0 saturated carbocycles. The maximum absolute atomic E-state index is 11.0. The van der Waals surface area contributed by atoms with Crippen molar-refractivity contribution < 1.29 is 14.3 Å². The zero-order valence-corrected chi connectivity index (χ0v) is 8.21. The van der Waals surface area contributed by atoms with E-state index in [1.807, 2.05) is 0 Å². The summed E-state index contributed by atoms with van der Waals surface area (Å²) in [5.74, 6) is 0.621. The van der Waals surface area contributed by atoms with Crippen molar-refractivity contribution in [1.82, 2.24) is 5.32 Å². The molecule has 0 atom stereocenters. The third-order valence-corrected chi connectivity index (χ3v) is 2.76. The van der Waals surface area contributed by atoms with Gasteiger partial charge in [-0.1, -0.05) is 0 Å². The van der Waals surface area contributed by atoms with Crippen LogP contribution in [0.3, 0.4) is 0 Å². The summed E-state index contributed by atoms with van der Waals surface area (Å²) in [6.45, 7) is 1.53.